The molecule has 4 aromatic rings. The first-order chi connectivity index (χ1) is 39.1. The van der Waals surface area contributed by atoms with Gasteiger partial charge in [-0.3, -0.25) is 14.4 Å². The number of carbonyl (C=O) groups excluding carboxylic acids is 1. The molecule has 1 spiro atoms. The highest BCUT2D eigenvalue weighted by Gasteiger charge is 2.50. The van der Waals surface area contributed by atoms with Crippen molar-refractivity contribution in [2.75, 3.05) is 150 Å². The third-order valence-corrected chi connectivity index (χ3v) is 13.4. The average molecular weight is 1190 g/mol. The Balaban J connectivity index is 0.652. The van der Waals surface area contributed by atoms with Gasteiger partial charge in [-0.15, -0.1) is 0 Å². The molecule has 0 saturated carbocycles. The number of ether oxygens (including phenoxy) is 12. The van der Waals surface area contributed by atoms with Gasteiger partial charge in [-0.05, 0) is 47.7 Å². The number of rotatable bonds is 38. The highest BCUT2D eigenvalue weighted by atomic mass is 35.5. The van der Waals surface area contributed by atoms with Gasteiger partial charge < -0.3 is 87.6 Å². The molecule has 26 nitrogen and oxygen atoms in total. The molecule has 2 fully saturated rings. The van der Waals surface area contributed by atoms with Crippen LogP contribution in [0.5, 0.6) is 11.5 Å². The summed E-state index contributed by atoms with van der Waals surface area (Å²) in [4.78, 5) is 45.2. The Morgan fingerprint density at radius 1 is 0.815 bits per heavy atom. The molecular formula is C50H67ClF3N8O18P. The number of aliphatic hydroxyl groups is 2. The molecule has 0 unspecified atom stereocenters. The lowest BCUT2D eigenvalue weighted by atomic mass is 9.74. The normalized spacial score (nSPS) is 18.9. The molecular weight excluding hydrogens is 1120 g/mol. The summed E-state index contributed by atoms with van der Waals surface area (Å²) < 4.78 is 118. The first-order valence-corrected chi connectivity index (χ1v) is 28.1. The number of aryl methyl sites for hydroxylation is 1. The fourth-order valence-electron chi connectivity index (χ4n) is 8.86. The van der Waals surface area contributed by atoms with Crippen molar-refractivity contribution in [3.05, 3.63) is 70.4 Å². The molecule has 0 bridgehead atoms. The molecule has 81 heavy (non-hydrogen) atoms. The van der Waals surface area contributed by atoms with Crippen molar-refractivity contribution in [1.82, 2.24) is 19.7 Å². The summed E-state index contributed by atoms with van der Waals surface area (Å²) in [5.41, 5.74) is 3.07. The quantitative estimate of drug-likeness (QED) is 0.00628. The summed E-state index contributed by atoms with van der Waals surface area (Å²) in [6.45, 7) is 6.41. The number of anilines is 1. The molecule has 3 aliphatic rings. The number of esters is 1. The van der Waals surface area contributed by atoms with Gasteiger partial charge in [-0.1, -0.05) is 6.07 Å². The van der Waals surface area contributed by atoms with Crippen molar-refractivity contribution >= 4 is 53.9 Å². The van der Waals surface area contributed by atoms with E-state index in [1.807, 2.05) is 6.07 Å². The second kappa shape index (κ2) is 32.1. The van der Waals surface area contributed by atoms with E-state index < -0.39 is 67.7 Å². The topological polar surface area (TPSA) is 323 Å². The minimum Gasteiger partial charge on any atom is -0.491 e. The van der Waals surface area contributed by atoms with E-state index in [2.05, 4.69) is 46.9 Å². The van der Waals surface area contributed by atoms with Gasteiger partial charge in [0.25, 0.3) is 0 Å². The first-order valence-electron chi connectivity index (χ1n) is 25.9. The monoisotopic (exact) mass is 1190 g/mol. The van der Waals surface area contributed by atoms with Crippen molar-refractivity contribution < 1.29 is 99.4 Å². The van der Waals surface area contributed by atoms with Crippen LogP contribution in [0.3, 0.4) is 0 Å². The SMILES string of the molecule is N/N=C(\C=NCCOCCOCCOCCOCCC(=O)Oc1c(F)cc(F)cc1F)COCCOCCOCCOCCOc1ccc2c(c1)C1(CC2)CN(c2nc(Cl)nc3c2cnn3[C@@H]2O[C@H](COCP(=O)(O)O)[C@@H](O)[C@H]2O)C1. The number of hydrogen-bond donors (Lipinski definition) is 5. The fourth-order valence-corrected chi connectivity index (χ4v) is 9.36. The summed E-state index contributed by atoms with van der Waals surface area (Å²) >= 11 is 6.43. The smallest absolute Gasteiger partial charge is 0.350 e. The molecule has 2 aromatic heterocycles. The van der Waals surface area contributed by atoms with Gasteiger partial charge in [-0.2, -0.15) is 20.2 Å². The van der Waals surface area contributed by atoms with Crippen molar-refractivity contribution in [2.24, 2.45) is 15.9 Å². The van der Waals surface area contributed by atoms with Crippen LogP contribution in [-0.4, -0.2) is 221 Å². The van der Waals surface area contributed by atoms with E-state index in [0.29, 0.717) is 135 Å². The number of carbonyl (C=O) groups is 1. The molecule has 0 radical (unpaired) electrons. The predicted molar refractivity (Wildman–Crippen MR) is 281 cm³/mol. The molecule has 0 amide bonds. The molecule has 4 atom stereocenters. The number of halogens is 4. The third kappa shape index (κ3) is 19.2. The largest absolute Gasteiger partial charge is 0.491 e. The number of nitrogens with two attached hydrogens (primary N) is 1. The first kappa shape index (κ1) is 63.5. The molecule has 6 N–H and O–H groups in total. The summed E-state index contributed by atoms with van der Waals surface area (Å²) in [7, 11) is -4.44. The maximum atomic E-state index is 13.6. The standard InChI is InChI=1S/C50H67ClF3N8O18P/c51-49-58-46(37-27-57-62(47(37)59-49)48-44(65)43(64)41(79-48)29-77-32-81(66,67)68)61-30-50(31-61)5-3-33-1-2-36(25-38(33)50)78-22-21-75-18-17-73-15-16-74-19-20-76-28-35(60-55)26-56-6-8-70-10-12-72-14-13-71-11-9-69-7-4-42(63)80-45-39(53)23-34(52)24-40(45)54/h1-2,23-27,41,43-44,48,64-65H,3-22,28-32,55H2,(H2,66,67,68)/b56-26?,60-35+/t41-,43-,44-,48-/m1/s1. The Hall–Kier alpha value is -5.05. The summed E-state index contributed by atoms with van der Waals surface area (Å²) in [6.07, 6.45) is -1.33. The minimum absolute atomic E-state index is 0.0462. The third-order valence-electron chi connectivity index (χ3n) is 12.7. The van der Waals surface area contributed by atoms with E-state index >= 15 is 0 Å². The highest BCUT2D eigenvalue weighted by molar-refractivity contribution is 7.51. The van der Waals surface area contributed by atoms with E-state index in [1.54, 1.807) is 6.20 Å². The van der Waals surface area contributed by atoms with Crippen molar-refractivity contribution in [2.45, 2.75) is 49.2 Å². The summed E-state index contributed by atoms with van der Waals surface area (Å²) in [5.74, 6) is 1.11. The highest BCUT2D eigenvalue weighted by Crippen LogP contribution is 2.49. The zero-order chi connectivity index (χ0) is 57.6. The van der Waals surface area contributed by atoms with E-state index in [0.717, 1.165) is 18.6 Å². The lowest BCUT2D eigenvalue weighted by Crippen LogP contribution is -2.58. The number of nitrogens with zero attached hydrogens (tertiary/aromatic N) is 7. The van der Waals surface area contributed by atoms with E-state index in [4.69, 9.17) is 79.3 Å². The van der Waals surface area contributed by atoms with Gasteiger partial charge in [0.1, 0.15) is 54.4 Å². The number of benzene rings is 2. The lowest BCUT2D eigenvalue weighted by Gasteiger charge is -2.49. The van der Waals surface area contributed by atoms with Crippen LogP contribution in [-0.2, 0) is 68.6 Å². The van der Waals surface area contributed by atoms with Gasteiger partial charge in [0, 0.05) is 36.9 Å². The Morgan fingerprint density at radius 2 is 1.42 bits per heavy atom. The summed E-state index contributed by atoms with van der Waals surface area (Å²) in [6, 6.07) is 7.00. The van der Waals surface area contributed by atoms with Gasteiger partial charge in [0.05, 0.1) is 137 Å². The Kier molecular flexibility index (Phi) is 25.2. The maximum Gasteiger partial charge on any atom is 0.350 e. The van der Waals surface area contributed by atoms with Crippen LogP contribution in [0.4, 0.5) is 19.0 Å². The molecule has 1 aliphatic carbocycles. The number of aliphatic hydroxyl groups excluding tert-OH is 2. The van der Waals surface area contributed by atoms with Crippen LogP contribution in [0.2, 0.25) is 5.28 Å². The van der Waals surface area contributed by atoms with Crippen LogP contribution in [0, 0.1) is 17.5 Å². The molecule has 31 heteroatoms. The Bertz CT molecular complexity index is 2720. The van der Waals surface area contributed by atoms with Crippen LogP contribution in [0.1, 0.15) is 30.2 Å². The molecule has 2 aromatic carbocycles. The van der Waals surface area contributed by atoms with Crippen molar-refractivity contribution in [3.63, 3.8) is 0 Å². The fraction of sp³-hybridized carbons (Fsp3) is 0.600. The van der Waals surface area contributed by atoms with Crippen LogP contribution in [0.25, 0.3) is 11.0 Å². The predicted octanol–water partition coefficient (Wildman–Crippen LogP) is 2.27. The van der Waals surface area contributed by atoms with Crippen molar-refractivity contribution in [1.29, 1.82) is 0 Å². The molecule has 4 heterocycles. The minimum atomic E-state index is -4.44. The molecule has 2 saturated heterocycles. The van der Waals surface area contributed by atoms with E-state index in [1.165, 1.54) is 22.0 Å². The molecule has 7 rings (SSSR count). The van der Waals surface area contributed by atoms with E-state index in [-0.39, 0.29) is 55.8 Å². The molecule has 448 valence electrons. The van der Waals surface area contributed by atoms with Crippen LogP contribution >= 0.6 is 19.2 Å². The zero-order valence-corrected chi connectivity index (χ0v) is 45.9. The van der Waals surface area contributed by atoms with Crippen molar-refractivity contribution in [3.8, 4) is 11.5 Å². The second-order valence-corrected chi connectivity index (χ2v) is 20.5. The number of hydrazone groups is 1. The number of aliphatic imine (C=N–C) groups is 1. The molecule has 2 aliphatic heterocycles. The lowest BCUT2D eigenvalue weighted by molar-refractivity contribution is -0.136. The maximum absolute atomic E-state index is 13.6. The van der Waals surface area contributed by atoms with Gasteiger partial charge >= 0.3 is 13.6 Å². The number of hydrogen-bond acceptors (Lipinski definition) is 23. The number of aromatic nitrogens is 4. The van der Waals surface area contributed by atoms with Gasteiger partial charge in [0.2, 0.25) is 11.0 Å². The second-order valence-electron chi connectivity index (χ2n) is 18.6. The Morgan fingerprint density at radius 3 is 2.05 bits per heavy atom. The van der Waals surface area contributed by atoms with Gasteiger partial charge in [-0.25, -0.2) is 17.9 Å². The zero-order valence-electron chi connectivity index (χ0n) is 44.2. The van der Waals surface area contributed by atoms with E-state index in [9.17, 15) is 32.7 Å². The van der Waals surface area contributed by atoms with Crippen LogP contribution < -0.4 is 20.2 Å². The summed E-state index contributed by atoms with van der Waals surface area (Å²) in [5, 5.41) is 30.1. The Labute approximate surface area is 468 Å². The van der Waals surface area contributed by atoms with Gasteiger partial charge in [0.15, 0.2) is 23.5 Å². The van der Waals surface area contributed by atoms with Crippen LogP contribution in [0.15, 0.2) is 46.6 Å². The number of fused-ring (bicyclic) bond motifs is 3. The average Bonchev–Trinajstić information content (AvgIpc) is 4.13.